The maximum Gasteiger partial charge on any atom is 0.333 e. The van der Waals surface area contributed by atoms with Gasteiger partial charge in [0.05, 0.1) is 0 Å². The minimum absolute atomic E-state index is 0.237. The highest BCUT2D eigenvalue weighted by molar-refractivity contribution is 6.31. The number of hydrogen-bond acceptors (Lipinski definition) is 4. The molecule has 0 heterocycles. The molecule has 0 aliphatic heterocycles. The van der Waals surface area contributed by atoms with Gasteiger partial charge in [0.15, 0.2) is 11.7 Å². The van der Waals surface area contributed by atoms with E-state index in [2.05, 4.69) is 5.32 Å². The van der Waals surface area contributed by atoms with Gasteiger partial charge in [-0.25, -0.2) is 4.79 Å². The van der Waals surface area contributed by atoms with Crippen molar-refractivity contribution in [3.8, 4) is 5.75 Å². The first-order valence-electron chi connectivity index (χ1n) is 9.28. The van der Waals surface area contributed by atoms with E-state index in [0.29, 0.717) is 23.7 Å². The summed E-state index contributed by atoms with van der Waals surface area (Å²) in [6.45, 7) is 3.83. The van der Waals surface area contributed by atoms with Crippen LogP contribution in [0.5, 0.6) is 5.75 Å². The molecule has 0 unspecified atom stereocenters. The van der Waals surface area contributed by atoms with Crippen LogP contribution in [-0.4, -0.2) is 42.3 Å². The van der Waals surface area contributed by atoms with E-state index in [1.54, 1.807) is 38.1 Å². The Labute approximate surface area is 175 Å². The maximum atomic E-state index is 12.5. The third-order valence-electron chi connectivity index (χ3n) is 4.46. The quantitative estimate of drug-likeness (QED) is 0.615. The van der Waals surface area contributed by atoms with E-state index in [1.165, 1.54) is 7.11 Å². The summed E-state index contributed by atoms with van der Waals surface area (Å²) in [5.74, 6) is -0.731. The van der Waals surface area contributed by atoms with Crippen molar-refractivity contribution in [1.82, 2.24) is 5.32 Å². The third kappa shape index (κ3) is 6.76. The van der Waals surface area contributed by atoms with E-state index < -0.39 is 17.7 Å². The first-order valence-corrected chi connectivity index (χ1v) is 9.66. The van der Waals surface area contributed by atoms with Gasteiger partial charge in [-0.3, -0.25) is 4.79 Å². The van der Waals surface area contributed by atoms with Gasteiger partial charge in [-0.15, -0.1) is 0 Å². The highest BCUT2D eigenvalue weighted by Crippen LogP contribution is 2.20. The number of carboxylic acid groups (broad SMARTS) is 1. The molecular formula is C22H26ClNO5. The smallest absolute Gasteiger partial charge is 0.333 e. The van der Waals surface area contributed by atoms with Crippen LogP contribution in [-0.2, 0) is 27.2 Å². The number of hydrogen-bond donors (Lipinski definition) is 2. The van der Waals surface area contributed by atoms with Crippen molar-refractivity contribution >= 4 is 23.5 Å². The van der Waals surface area contributed by atoms with Gasteiger partial charge in [0.25, 0.3) is 5.91 Å². The number of benzene rings is 2. The minimum Gasteiger partial charge on any atom is -0.479 e. The zero-order chi connectivity index (χ0) is 21.4. The first-order chi connectivity index (χ1) is 13.7. The van der Waals surface area contributed by atoms with Crippen LogP contribution in [0.2, 0.25) is 5.02 Å². The Morgan fingerprint density at radius 1 is 1.14 bits per heavy atom. The molecule has 0 fully saturated rings. The number of aliphatic carboxylic acids is 1. The lowest BCUT2D eigenvalue weighted by Gasteiger charge is -2.25. The van der Waals surface area contributed by atoms with Crippen LogP contribution >= 0.6 is 11.6 Å². The molecule has 0 bridgehead atoms. The highest BCUT2D eigenvalue weighted by Gasteiger charge is 2.29. The highest BCUT2D eigenvalue weighted by atomic mass is 35.5. The van der Waals surface area contributed by atoms with E-state index in [9.17, 15) is 9.59 Å². The number of methoxy groups -OCH3 is 1. The Morgan fingerprint density at radius 3 is 2.38 bits per heavy atom. The summed E-state index contributed by atoms with van der Waals surface area (Å²) in [6.07, 6.45) is -0.0273. The second-order valence-corrected chi connectivity index (χ2v) is 7.53. The lowest BCUT2D eigenvalue weighted by atomic mass is 10.1. The summed E-state index contributed by atoms with van der Waals surface area (Å²) in [6, 6.07) is 14.5. The molecule has 0 saturated heterocycles. The molecule has 0 spiro atoms. The molecule has 2 aromatic carbocycles. The summed E-state index contributed by atoms with van der Waals surface area (Å²) in [7, 11) is 1.36. The topological polar surface area (TPSA) is 84.9 Å². The van der Waals surface area contributed by atoms with E-state index in [0.717, 1.165) is 11.1 Å². The van der Waals surface area contributed by atoms with Crippen molar-refractivity contribution < 1.29 is 24.2 Å². The van der Waals surface area contributed by atoms with Gasteiger partial charge in [0, 0.05) is 25.1 Å². The molecule has 0 aromatic heterocycles. The van der Waals surface area contributed by atoms with Crippen LogP contribution in [0, 0.1) is 0 Å². The molecular weight excluding hydrogens is 394 g/mol. The third-order valence-corrected chi connectivity index (χ3v) is 4.83. The summed E-state index contributed by atoms with van der Waals surface area (Å²) in [4.78, 5) is 23.6. The molecule has 2 rings (SSSR count). The largest absolute Gasteiger partial charge is 0.479 e. The van der Waals surface area contributed by atoms with Gasteiger partial charge in [-0.1, -0.05) is 41.9 Å². The van der Waals surface area contributed by atoms with Gasteiger partial charge in [0.2, 0.25) is 0 Å². The molecule has 0 aliphatic carbocycles. The maximum absolute atomic E-state index is 12.5. The Hall–Kier alpha value is -2.57. The molecule has 1 atom stereocenters. The monoisotopic (exact) mass is 419 g/mol. The van der Waals surface area contributed by atoms with Gasteiger partial charge < -0.3 is 19.9 Å². The van der Waals surface area contributed by atoms with E-state index in [4.69, 9.17) is 26.2 Å². The molecule has 156 valence electrons. The normalized spacial score (nSPS) is 12.3. The fraction of sp³-hybridized carbons (Fsp3) is 0.364. The van der Waals surface area contributed by atoms with Gasteiger partial charge >= 0.3 is 5.97 Å². The molecule has 0 aliphatic rings. The molecule has 2 aromatic rings. The lowest BCUT2D eigenvalue weighted by molar-refractivity contribution is -0.148. The Morgan fingerprint density at radius 2 is 1.79 bits per heavy atom. The van der Waals surface area contributed by atoms with Crippen molar-refractivity contribution in [2.75, 3.05) is 13.7 Å². The second-order valence-electron chi connectivity index (χ2n) is 7.12. The van der Waals surface area contributed by atoms with E-state index in [-0.39, 0.29) is 12.3 Å². The van der Waals surface area contributed by atoms with Crippen molar-refractivity contribution in [2.45, 2.75) is 38.4 Å². The van der Waals surface area contributed by atoms with Crippen molar-refractivity contribution in [2.24, 2.45) is 0 Å². The van der Waals surface area contributed by atoms with Crippen LogP contribution in [0.4, 0.5) is 0 Å². The van der Waals surface area contributed by atoms with Crippen LogP contribution in [0.25, 0.3) is 0 Å². The Kier molecular flexibility index (Phi) is 8.05. The number of carbonyl (C=O) groups excluding carboxylic acids is 1. The number of ether oxygens (including phenoxy) is 2. The van der Waals surface area contributed by atoms with Crippen molar-refractivity contribution in [3.05, 3.63) is 64.7 Å². The fourth-order valence-corrected chi connectivity index (χ4v) is 2.98. The van der Waals surface area contributed by atoms with Crippen LogP contribution in [0.1, 0.15) is 25.0 Å². The predicted octanol–water partition coefficient (Wildman–Crippen LogP) is 3.50. The second kappa shape index (κ2) is 10.3. The van der Waals surface area contributed by atoms with Crippen molar-refractivity contribution in [3.63, 3.8) is 0 Å². The molecule has 7 heteroatoms. The average Bonchev–Trinajstić information content (AvgIpc) is 2.68. The molecule has 2 N–H and O–H groups in total. The molecule has 29 heavy (non-hydrogen) atoms. The molecule has 0 radical (unpaired) electrons. The summed E-state index contributed by atoms with van der Waals surface area (Å²) < 4.78 is 10.8. The number of nitrogens with one attached hydrogen (secondary N) is 1. The zero-order valence-corrected chi connectivity index (χ0v) is 17.5. The SMILES string of the molecule is CO[C@@H](Cc1ccc(OC(C)(C)C(=O)NCCc2ccccc2Cl)cc1)C(=O)O. The van der Waals surface area contributed by atoms with Gasteiger partial charge in [0.1, 0.15) is 5.75 Å². The summed E-state index contributed by atoms with van der Waals surface area (Å²) >= 11 is 6.13. The number of amides is 1. The molecule has 0 saturated carbocycles. The zero-order valence-electron chi connectivity index (χ0n) is 16.8. The standard InChI is InChI=1S/C22H26ClNO5/c1-22(2,21(27)24-13-12-16-6-4-5-7-18(16)23)29-17-10-8-15(9-11-17)14-19(28-3)20(25)26/h4-11,19H,12-14H2,1-3H3,(H,24,27)(H,25,26)/t19-/m0/s1. The predicted molar refractivity (Wildman–Crippen MR) is 111 cm³/mol. The average molecular weight is 420 g/mol. The van der Waals surface area contributed by atoms with Crippen LogP contribution < -0.4 is 10.1 Å². The molecule has 1 amide bonds. The van der Waals surface area contributed by atoms with E-state index >= 15 is 0 Å². The lowest BCUT2D eigenvalue weighted by Crippen LogP contribution is -2.47. The van der Waals surface area contributed by atoms with Crippen molar-refractivity contribution in [1.29, 1.82) is 0 Å². The molecule has 6 nitrogen and oxygen atoms in total. The fourth-order valence-electron chi connectivity index (χ4n) is 2.74. The number of carbonyl (C=O) groups is 2. The Bertz CT molecular complexity index is 835. The van der Waals surface area contributed by atoms with Gasteiger partial charge in [-0.2, -0.15) is 0 Å². The Balaban J connectivity index is 1.89. The van der Waals surface area contributed by atoms with Crippen LogP contribution in [0.15, 0.2) is 48.5 Å². The summed E-state index contributed by atoms with van der Waals surface area (Å²) in [5, 5.41) is 12.6. The van der Waals surface area contributed by atoms with Crippen LogP contribution in [0.3, 0.4) is 0 Å². The summed E-state index contributed by atoms with van der Waals surface area (Å²) in [5.41, 5.74) is 0.700. The first kappa shape index (κ1) is 22.7. The van der Waals surface area contributed by atoms with E-state index in [1.807, 2.05) is 24.3 Å². The number of rotatable bonds is 10. The minimum atomic E-state index is -1.07. The number of carboxylic acids is 1. The van der Waals surface area contributed by atoms with Gasteiger partial charge in [-0.05, 0) is 49.6 Å². The number of halogens is 1.